The van der Waals surface area contributed by atoms with Crippen LogP contribution in [0.25, 0.3) is 10.4 Å². The van der Waals surface area contributed by atoms with Crippen LogP contribution >= 0.6 is 22.7 Å². The normalized spacial score (nSPS) is 10.7. The summed E-state index contributed by atoms with van der Waals surface area (Å²) in [7, 11) is 0. The first-order chi connectivity index (χ1) is 12.0. The predicted octanol–water partition coefficient (Wildman–Crippen LogP) is 5.12. The number of furan rings is 1. The van der Waals surface area contributed by atoms with Gasteiger partial charge in [-0.3, -0.25) is 4.79 Å². The number of esters is 1. The Morgan fingerprint density at radius 1 is 1.28 bits per heavy atom. The van der Waals surface area contributed by atoms with Crippen molar-refractivity contribution in [3.8, 4) is 10.4 Å². The van der Waals surface area contributed by atoms with Gasteiger partial charge in [-0.25, -0.2) is 4.79 Å². The van der Waals surface area contributed by atoms with Crippen LogP contribution in [0.5, 0.6) is 0 Å². The highest BCUT2D eigenvalue weighted by Gasteiger charge is 2.24. The Bertz CT molecular complexity index is 906. The Morgan fingerprint density at radius 2 is 2.08 bits per heavy atom. The zero-order valence-corrected chi connectivity index (χ0v) is 15.7. The number of thiophene rings is 2. The van der Waals surface area contributed by atoms with E-state index in [4.69, 9.17) is 9.15 Å². The number of nitrogens with one attached hydrogen (secondary N) is 1. The number of hydrogen-bond acceptors (Lipinski definition) is 6. The van der Waals surface area contributed by atoms with Crippen LogP contribution in [0.2, 0.25) is 0 Å². The first-order valence-electron chi connectivity index (χ1n) is 7.72. The Kier molecular flexibility index (Phi) is 5.06. The summed E-state index contributed by atoms with van der Waals surface area (Å²) in [5, 5.41) is 7.11. The van der Waals surface area contributed by atoms with Gasteiger partial charge in [0.05, 0.1) is 12.2 Å². The zero-order chi connectivity index (χ0) is 18.0. The summed E-state index contributed by atoms with van der Waals surface area (Å²) in [6.45, 7) is 5.55. The van der Waals surface area contributed by atoms with Crippen molar-refractivity contribution in [3.63, 3.8) is 0 Å². The van der Waals surface area contributed by atoms with Gasteiger partial charge in [0, 0.05) is 15.8 Å². The summed E-state index contributed by atoms with van der Waals surface area (Å²) in [6, 6.07) is 5.54. The zero-order valence-electron chi connectivity index (χ0n) is 14.0. The van der Waals surface area contributed by atoms with Gasteiger partial charge in [-0.2, -0.15) is 0 Å². The molecule has 0 atom stereocenters. The van der Waals surface area contributed by atoms with E-state index in [1.165, 1.54) is 22.7 Å². The molecule has 0 spiro atoms. The molecular formula is C18H17NO4S2. The molecule has 3 aromatic heterocycles. The molecule has 0 aromatic carbocycles. The molecule has 1 amide bonds. The van der Waals surface area contributed by atoms with Gasteiger partial charge in [0.25, 0.3) is 5.91 Å². The van der Waals surface area contributed by atoms with Gasteiger partial charge in [-0.05, 0) is 38.3 Å². The molecule has 0 bridgehead atoms. The molecule has 7 heteroatoms. The summed E-state index contributed by atoms with van der Waals surface area (Å²) < 4.78 is 10.6. The third-order valence-electron chi connectivity index (χ3n) is 3.57. The Hall–Kier alpha value is -2.38. The number of amides is 1. The number of hydrogen-bond donors (Lipinski definition) is 1. The van der Waals surface area contributed by atoms with E-state index in [0.717, 1.165) is 10.4 Å². The van der Waals surface area contributed by atoms with E-state index in [9.17, 15) is 9.59 Å². The average molecular weight is 375 g/mol. The second-order valence-electron chi connectivity index (χ2n) is 5.33. The number of carbonyl (C=O) groups is 2. The molecule has 3 heterocycles. The maximum absolute atomic E-state index is 12.6. The summed E-state index contributed by atoms with van der Waals surface area (Å²) in [5.74, 6) is 0.462. The van der Waals surface area contributed by atoms with Crippen LogP contribution in [-0.4, -0.2) is 18.5 Å². The van der Waals surface area contributed by atoms with Crippen LogP contribution in [0.15, 0.2) is 33.4 Å². The highest BCUT2D eigenvalue weighted by atomic mass is 32.1. The highest BCUT2D eigenvalue weighted by molar-refractivity contribution is 7.17. The van der Waals surface area contributed by atoms with E-state index in [2.05, 4.69) is 5.32 Å². The van der Waals surface area contributed by atoms with Crippen molar-refractivity contribution < 1.29 is 18.7 Å². The molecule has 0 aliphatic heterocycles. The molecule has 0 fully saturated rings. The minimum Gasteiger partial charge on any atom is -0.466 e. The molecular weight excluding hydrogens is 358 g/mol. The molecule has 0 unspecified atom stereocenters. The summed E-state index contributed by atoms with van der Waals surface area (Å²) in [5.41, 5.74) is 1.62. The fraction of sp³-hybridized carbons (Fsp3) is 0.222. The lowest BCUT2D eigenvalue weighted by Crippen LogP contribution is -2.15. The third kappa shape index (κ3) is 3.52. The van der Waals surface area contributed by atoms with Crippen molar-refractivity contribution >= 4 is 39.6 Å². The van der Waals surface area contributed by atoms with Crippen molar-refractivity contribution in [2.45, 2.75) is 20.8 Å². The van der Waals surface area contributed by atoms with Gasteiger partial charge in [-0.15, -0.1) is 22.7 Å². The summed E-state index contributed by atoms with van der Waals surface area (Å²) >= 11 is 2.84. The van der Waals surface area contributed by atoms with Gasteiger partial charge in [-0.1, -0.05) is 6.07 Å². The Labute approximate surface area is 153 Å². The molecule has 0 saturated heterocycles. The van der Waals surface area contributed by atoms with E-state index in [1.54, 1.807) is 26.8 Å². The average Bonchev–Trinajstić information content (AvgIpc) is 3.27. The lowest BCUT2D eigenvalue weighted by Gasteiger charge is -2.07. The summed E-state index contributed by atoms with van der Waals surface area (Å²) in [4.78, 5) is 26.0. The SMILES string of the molecule is CCOC(=O)c1c(-c2cccs2)csc1NC(=O)c1cc(C)oc1C. The smallest absolute Gasteiger partial charge is 0.341 e. The fourth-order valence-electron chi connectivity index (χ4n) is 2.50. The number of ether oxygens (including phenoxy) is 1. The van der Waals surface area contributed by atoms with E-state index in [-0.39, 0.29) is 12.5 Å². The molecule has 0 saturated carbocycles. The molecule has 0 aliphatic rings. The van der Waals surface area contributed by atoms with Crippen molar-refractivity contribution in [2.75, 3.05) is 11.9 Å². The molecule has 0 radical (unpaired) electrons. The van der Waals surface area contributed by atoms with Gasteiger partial charge >= 0.3 is 5.97 Å². The van der Waals surface area contributed by atoms with Crippen LogP contribution in [0.1, 0.15) is 39.2 Å². The van der Waals surface area contributed by atoms with Gasteiger partial charge < -0.3 is 14.5 Å². The number of aryl methyl sites for hydroxylation is 2. The van der Waals surface area contributed by atoms with Crippen molar-refractivity contribution in [2.24, 2.45) is 0 Å². The second-order valence-corrected chi connectivity index (χ2v) is 7.16. The van der Waals surface area contributed by atoms with Crippen LogP contribution in [0, 0.1) is 13.8 Å². The molecule has 3 rings (SSSR count). The van der Waals surface area contributed by atoms with Crippen LogP contribution in [0.3, 0.4) is 0 Å². The lowest BCUT2D eigenvalue weighted by atomic mass is 10.1. The lowest BCUT2D eigenvalue weighted by molar-refractivity contribution is 0.0529. The standard InChI is InChI=1S/C18H17NO4S2/c1-4-22-18(21)15-13(14-6-5-7-24-14)9-25-17(15)19-16(20)12-8-10(2)23-11(12)3/h5-9H,4H2,1-3H3,(H,19,20). The first-order valence-corrected chi connectivity index (χ1v) is 9.48. The maximum atomic E-state index is 12.6. The number of carbonyl (C=O) groups excluding carboxylic acids is 2. The van der Waals surface area contributed by atoms with Crippen LogP contribution in [0.4, 0.5) is 5.00 Å². The largest absolute Gasteiger partial charge is 0.466 e. The maximum Gasteiger partial charge on any atom is 0.341 e. The van der Waals surface area contributed by atoms with Gasteiger partial charge in [0.1, 0.15) is 22.1 Å². The Balaban J connectivity index is 1.97. The van der Waals surface area contributed by atoms with Gasteiger partial charge in [0.2, 0.25) is 0 Å². The van der Waals surface area contributed by atoms with E-state index >= 15 is 0 Å². The fourth-order valence-corrected chi connectivity index (χ4v) is 4.26. The minimum absolute atomic E-state index is 0.270. The quantitative estimate of drug-likeness (QED) is 0.629. The Morgan fingerprint density at radius 3 is 2.68 bits per heavy atom. The topological polar surface area (TPSA) is 68.5 Å². The highest BCUT2D eigenvalue weighted by Crippen LogP contribution is 2.38. The molecule has 3 aromatic rings. The van der Waals surface area contributed by atoms with E-state index in [1.807, 2.05) is 22.9 Å². The summed E-state index contributed by atoms with van der Waals surface area (Å²) in [6.07, 6.45) is 0. The van der Waals surface area contributed by atoms with Crippen LogP contribution < -0.4 is 5.32 Å². The molecule has 5 nitrogen and oxygen atoms in total. The van der Waals surface area contributed by atoms with Crippen molar-refractivity contribution in [3.05, 3.63) is 51.6 Å². The molecule has 0 aliphatic carbocycles. The van der Waals surface area contributed by atoms with E-state index < -0.39 is 5.97 Å². The minimum atomic E-state index is -0.442. The van der Waals surface area contributed by atoms with Crippen LogP contribution in [-0.2, 0) is 4.74 Å². The first kappa shape index (κ1) is 17.4. The predicted molar refractivity (Wildman–Crippen MR) is 99.7 cm³/mol. The third-order valence-corrected chi connectivity index (χ3v) is 5.37. The monoisotopic (exact) mass is 375 g/mol. The molecule has 130 valence electrons. The molecule has 25 heavy (non-hydrogen) atoms. The molecule has 1 N–H and O–H groups in total. The number of rotatable bonds is 5. The second kappa shape index (κ2) is 7.25. The van der Waals surface area contributed by atoms with Gasteiger partial charge in [0.15, 0.2) is 0 Å². The van der Waals surface area contributed by atoms with Crippen molar-refractivity contribution in [1.29, 1.82) is 0 Å². The van der Waals surface area contributed by atoms with E-state index in [0.29, 0.717) is 27.6 Å². The van der Waals surface area contributed by atoms with Crippen molar-refractivity contribution in [1.82, 2.24) is 0 Å². The number of anilines is 1.